The van der Waals surface area contributed by atoms with Crippen molar-refractivity contribution in [3.05, 3.63) is 258 Å². The molecule has 0 amide bonds. The van der Waals surface area contributed by atoms with E-state index in [1.165, 1.54) is 77.9 Å². The molecule has 0 saturated heterocycles. The summed E-state index contributed by atoms with van der Waals surface area (Å²) in [6.45, 7) is 13.5. The van der Waals surface area contributed by atoms with Gasteiger partial charge in [0.15, 0.2) is 0 Å². The molecule has 72 heavy (non-hydrogen) atoms. The lowest BCUT2D eigenvalue weighted by atomic mass is 9.86. The molecule has 10 aromatic rings. The summed E-state index contributed by atoms with van der Waals surface area (Å²) < 4.78 is 0. The van der Waals surface area contributed by atoms with Crippen molar-refractivity contribution in [1.29, 1.82) is 0 Å². The maximum atomic E-state index is 4.76. The van der Waals surface area contributed by atoms with Crippen LogP contribution in [0, 0.1) is 0 Å². The van der Waals surface area contributed by atoms with Gasteiger partial charge in [0, 0.05) is 35.3 Å². The normalized spacial score (nSPS) is 11.7. The first kappa shape index (κ1) is 47.7. The average Bonchev–Trinajstić information content (AvgIpc) is 3.42. The average molecular weight is 934 g/mol. The Hall–Kier alpha value is -8.01. The van der Waals surface area contributed by atoms with Crippen LogP contribution >= 0.6 is 0 Å². The third-order valence-corrected chi connectivity index (χ3v) is 14.0. The first-order valence-electron chi connectivity index (χ1n) is 25.5. The van der Waals surface area contributed by atoms with Gasteiger partial charge in [-0.2, -0.15) is 0 Å². The molecule has 0 atom stereocenters. The number of nitrogens with zero attached hydrogens (tertiary/aromatic N) is 3. The summed E-state index contributed by atoms with van der Waals surface area (Å²) in [7, 11) is 0. The number of aromatic nitrogens is 3. The second-order valence-electron chi connectivity index (χ2n) is 21.3. The molecule has 0 saturated carbocycles. The van der Waals surface area contributed by atoms with Crippen molar-refractivity contribution in [3.63, 3.8) is 0 Å². The number of hydrogen-bond donors (Lipinski definition) is 0. The van der Waals surface area contributed by atoms with Gasteiger partial charge in [0.1, 0.15) is 0 Å². The zero-order valence-electron chi connectivity index (χ0n) is 42.5. The van der Waals surface area contributed by atoms with Gasteiger partial charge in [0.05, 0.1) is 17.1 Å². The molecule has 0 bridgehead atoms. The fraction of sp³-hybridized carbons (Fsp3) is 0.174. The van der Waals surface area contributed by atoms with Crippen LogP contribution in [0.4, 0.5) is 0 Å². The van der Waals surface area contributed by atoms with E-state index in [1.54, 1.807) is 0 Å². The summed E-state index contributed by atoms with van der Waals surface area (Å²) in [4.78, 5) is 14.2. The highest BCUT2D eigenvalue weighted by Crippen LogP contribution is 2.41. The molecule has 3 nitrogen and oxygen atoms in total. The lowest BCUT2D eigenvalue weighted by Gasteiger charge is -2.19. The van der Waals surface area contributed by atoms with E-state index < -0.39 is 0 Å². The molecule has 0 aliphatic heterocycles. The van der Waals surface area contributed by atoms with Gasteiger partial charge in [0.25, 0.3) is 0 Å². The smallest absolute Gasteiger partial charge is 0.0704 e. The van der Waals surface area contributed by atoms with Crippen LogP contribution in [0.15, 0.2) is 225 Å². The second kappa shape index (κ2) is 20.8. The Labute approximate surface area is 427 Å². The van der Waals surface area contributed by atoms with E-state index in [2.05, 4.69) is 242 Å². The van der Waals surface area contributed by atoms with Crippen molar-refractivity contribution < 1.29 is 0 Å². The first-order chi connectivity index (χ1) is 34.9. The predicted molar refractivity (Wildman–Crippen MR) is 303 cm³/mol. The number of benzene rings is 7. The van der Waals surface area contributed by atoms with Crippen molar-refractivity contribution in [3.8, 4) is 78.3 Å². The Morgan fingerprint density at radius 1 is 0.264 bits per heavy atom. The van der Waals surface area contributed by atoms with Gasteiger partial charge in [-0.15, -0.1) is 0 Å². The maximum Gasteiger partial charge on any atom is 0.0704 e. The minimum atomic E-state index is 0.0646. The van der Waals surface area contributed by atoms with Gasteiger partial charge in [0.2, 0.25) is 0 Å². The summed E-state index contributed by atoms with van der Waals surface area (Å²) in [5, 5.41) is 0. The second-order valence-corrected chi connectivity index (χ2v) is 21.3. The first-order valence-corrected chi connectivity index (χ1v) is 25.5. The molecule has 3 heterocycles. The third kappa shape index (κ3) is 11.1. The van der Waals surface area contributed by atoms with Crippen LogP contribution in [0.1, 0.15) is 74.9 Å². The van der Waals surface area contributed by atoms with Crippen molar-refractivity contribution in [1.82, 2.24) is 15.0 Å². The van der Waals surface area contributed by atoms with Gasteiger partial charge < -0.3 is 0 Å². The van der Waals surface area contributed by atoms with Crippen LogP contribution in [-0.4, -0.2) is 15.0 Å². The standard InChI is InChI=1S/C69H63N3/c1-68(2,3)59-37-40-71-66(46-59)55-27-23-48(24-28-55)19-21-50-42-51(22-20-49-25-29-56(30-26-49)67-47-60(38-41-72-67)69(4,5)6)44-58(43-50)61-16-10-11-17-62(61)63-36-35-57(65-18-12-13-39-70-65)45-64(63)54-33-31-53(32-34-54)52-14-8-7-9-15-52/h7-18,23-47H,19-22H2,1-6H3. The minimum Gasteiger partial charge on any atom is -0.256 e. The molecule has 354 valence electrons. The van der Waals surface area contributed by atoms with Crippen LogP contribution in [0.25, 0.3) is 78.3 Å². The van der Waals surface area contributed by atoms with Gasteiger partial charge in [-0.25, -0.2) is 0 Å². The van der Waals surface area contributed by atoms with Crippen LogP contribution in [0.5, 0.6) is 0 Å². The summed E-state index contributed by atoms with van der Waals surface area (Å²) in [5.41, 5.74) is 24.0. The predicted octanol–water partition coefficient (Wildman–Crippen LogP) is 17.7. The Balaban J connectivity index is 0.994. The third-order valence-electron chi connectivity index (χ3n) is 14.0. The highest BCUT2D eigenvalue weighted by molar-refractivity contribution is 5.94. The van der Waals surface area contributed by atoms with E-state index in [9.17, 15) is 0 Å². The SMILES string of the molecule is CC(C)(C)c1ccnc(-c2ccc(CCc3cc(CCc4ccc(-c5cc(C(C)(C)C)ccn5)cc4)cc(-c4ccccc4-c4ccc(-c5ccccn5)cc4-c4ccc(-c5ccccc5)cc4)c3)cc2)c1. The maximum absolute atomic E-state index is 4.76. The molecular formula is C69H63N3. The Kier molecular flexibility index (Phi) is 13.7. The largest absolute Gasteiger partial charge is 0.256 e. The van der Waals surface area contributed by atoms with Crippen molar-refractivity contribution in [2.45, 2.75) is 78.1 Å². The number of hydrogen-bond acceptors (Lipinski definition) is 3. The van der Waals surface area contributed by atoms with Crippen molar-refractivity contribution in [2.24, 2.45) is 0 Å². The van der Waals surface area contributed by atoms with Crippen LogP contribution in [0.2, 0.25) is 0 Å². The van der Waals surface area contributed by atoms with E-state index in [4.69, 9.17) is 15.0 Å². The number of aryl methyl sites for hydroxylation is 4. The molecule has 0 unspecified atom stereocenters. The van der Waals surface area contributed by atoms with Crippen LogP contribution in [-0.2, 0) is 36.5 Å². The fourth-order valence-electron chi connectivity index (χ4n) is 9.73. The summed E-state index contributed by atoms with van der Waals surface area (Å²) in [6, 6.07) is 75.6. The highest BCUT2D eigenvalue weighted by Gasteiger charge is 2.18. The van der Waals surface area contributed by atoms with E-state index in [0.29, 0.717) is 0 Å². The van der Waals surface area contributed by atoms with Crippen molar-refractivity contribution in [2.75, 3.05) is 0 Å². The molecule has 0 aliphatic rings. The van der Waals surface area contributed by atoms with Crippen molar-refractivity contribution >= 4 is 0 Å². The van der Waals surface area contributed by atoms with Gasteiger partial charge in [-0.3, -0.25) is 15.0 Å². The van der Waals surface area contributed by atoms with Crippen LogP contribution in [0.3, 0.4) is 0 Å². The van der Waals surface area contributed by atoms with E-state index in [1.807, 2.05) is 24.7 Å². The Morgan fingerprint density at radius 2 is 0.708 bits per heavy atom. The Bertz CT molecular complexity index is 3310. The van der Waals surface area contributed by atoms with E-state index in [-0.39, 0.29) is 10.8 Å². The number of pyridine rings is 3. The highest BCUT2D eigenvalue weighted by atomic mass is 14.7. The van der Waals surface area contributed by atoms with Crippen LogP contribution < -0.4 is 0 Å². The number of rotatable bonds is 13. The molecule has 0 N–H and O–H groups in total. The molecule has 7 aromatic carbocycles. The molecule has 0 spiro atoms. The summed E-state index contributed by atoms with van der Waals surface area (Å²) in [6.07, 6.45) is 9.46. The molecular weight excluding hydrogens is 871 g/mol. The quantitative estimate of drug-likeness (QED) is 0.116. The van der Waals surface area contributed by atoms with E-state index >= 15 is 0 Å². The molecule has 0 aliphatic carbocycles. The fourth-order valence-corrected chi connectivity index (χ4v) is 9.73. The molecule has 3 aromatic heterocycles. The lowest BCUT2D eigenvalue weighted by molar-refractivity contribution is 0.589. The Morgan fingerprint density at radius 3 is 1.25 bits per heavy atom. The summed E-state index contributed by atoms with van der Waals surface area (Å²) in [5.74, 6) is 0. The monoisotopic (exact) mass is 934 g/mol. The zero-order valence-corrected chi connectivity index (χ0v) is 42.5. The molecule has 10 rings (SSSR count). The molecule has 3 heteroatoms. The van der Waals surface area contributed by atoms with Gasteiger partial charge in [-0.05, 0) is 157 Å². The molecule has 0 fully saturated rings. The minimum absolute atomic E-state index is 0.0646. The summed E-state index contributed by atoms with van der Waals surface area (Å²) >= 11 is 0. The topological polar surface area (TPSA) is 38.7 Å². The van der Waals surface area contributed by atoms with E-state index in [0.717, 1.165) is 59.5 Å². The zero-order chi connectivity index (χ0) is 49.7. The van der Waals surface area contributed by atoms with Gasteiger partial charge in [-0.1, -0.05) is 205 Å². The molecule has 0 radical (unpaired) electrons. The van der Waals surface area contributed by atoms with Gasteiger partial charge >= 0.3 is 0 Å². The lowest BCUT2D eigenvalue weighted by Crippen LogP contribution is -2.11.